The van der Waals surface area contributed by atoms with Crippen molar-refractivity contribution in [2.45, 2.75) is 32.5 Å². The minimum absolute atomic E-state index is 0.0476. The normalized spacial score (nSPS) is 18.0. The van der Waals surface area contributed by atoms with Gasteiger partial charge in [-0.25, -0.2) is 4.98 Å². The third-order valence-electron chi connectivity index (χ3n) is 4.83. The number of nitrogens with one attached hydrogen (secondary N) is 1. The van der Waals surface area contributed by atoms with Crippen LogP contribution in [0.3, 0.4) is 0 Å². The fraction of sp³-hybridized carbons (Fsp3) is 0.429. The van der Waals surface area contributed by atoms with Crippen molar-refractivity contribution in [3.8, 4) is 0 Å². The first-order valence-corrected chi connectivity index (χ1v) is 9.55. The Bertz CT molecular complexity index is 742. The Hall–Kier alpha value is -2.44. The van der Waals surface area contributed by atoms with Crippen LogP contribution < -0.4 is 5.32 Å². The summed E-state index contributed by atoms with van der Waals surface area (Å²) in [4.78, 5) is 18.9. The lowest BCUT2D eigenvalue weighted by molar-refractivity contribution is -0.124. The first-order chi connectivity index (χ1) is 13.3. The van der Waals surface area contributed by atoms with Gasteiger partial charge in [0.25, 0.3) is 0 Å². The van der Waals surface area contributed by atoms with E-state index in [4.69, 9.17) is 4.74 Å². The van der Waals surface area contributed by atoms with Gasteiger partial charge in [0, 0.05) is 38.3 Å². The van der Waals surface area contributed by atoms with Gasteiger partial charge in [0.05, 0.1) is 31.8 Å². The fourth-order valence-corrected chi connectivity index (χ4v) is 3.26. The van der Waals surface area contributed by atoms with Crippen molar-refractivity contribution in [2.24, 2.45) is 0 Å². The smallest absolute Gasteiger partial charge is 0.221 e. The third kappa shape index (κ3) is 5.77. The van der Waals surface area contributed by atoms with Crippen LogP contribution in [0.25, 0.3) is 6.08 Å². The minimum Gasteiger partial charge on any atom is -0.378 e. The SMILES string of the molecule is CCn1cncc1CNC(=O)C[C@H]1COCCN1C/C=C/c1ccccc1. The average Bonchev–Trinajstić information content (AvgIpc) is 3.16. The summed E-state index contributed by atoms with van der Waals surface area (Å²) in [7, 11) is 0. The maximum atomic E-state index is 12.4. The summed E-state index contributed by atoms with van der Waals surface area (Å²) in [6, 6.07) is 10.4. The van der Waals surface area contributed by atoms with Crippen LogP contribution in [-0.2, 0) is 22.6 Å². The summed E-state index contributed by atoms with van der Waals surface area (Å²) in [5, 5.41) is 3.01. The quantitative estimate of drug-likeness (QED) is 0.777. The lowest BCUT2D eigenvalue weighted by Crippen LogP contribution is -2.47. The number of carbonyl (C=O) groups excluding carboxylic acids is 1. The van der Waals surface area contributed by atoms with Gasteiger partial charge in [-0.15, -0.1) is 0 Å². The highest BCUT2D eigenvalue weighted by molar-refractivity contribution is 5.76. The Morgan fingerprint density at radius 1 is 1.37 bits per heavy atom. The monoisotopic (exact) mass is 368 g/mol. The highest BCUT2D eigenvalue weighted by atomic mass is 16.5. The van der Waals surface area contributed by atoms with Gasteiger partial charge in [0.2, 0.25) is 5.91 Å². The molecular formula is C21H28N4O2. The van der Waals surface area contributed by atoms with Crippen molar-refractivity contribution in [1.82, 2.24) is 19.8 Å². The lowest BCUT2D eigenvalue weighted by Gasteiger charge is -2.34. The summed E-state index contributed by atoms with van der Waals surface area (Å²) < 4.78 is 7.64. The van der Waals surface area contributed by atoms with E-state index in [-0.39, 0.29) is 11.9 Å². The summed E-state index contributed by atoms with van der Waals surface area (Å²) >= 11 is 0. The Morgan fingerprint density at radius 2 is 2.22 bits per heavy atom. The van der Waals surface area contributed by atoms with E-state index >= 15 is 0 Å². The van der Waals surface area contributed by atoms with E-state index in [1.807, 2.05) is 22.8 Å². The number of ether oxygens (including phenoxy) is 1. The molecule has 0 radical (unpaired) electrons. The highest BCUT2D eigenvalue weighted by Gasteiger charge is 2.24. The average molecular weight is 368 g/mol. The van der Waals surface area contributed by atoms with Crippen LogP contribution in [0.5, 0.6) is 0 Å². The Kier molecular flexibility index (Phi) is 7.19. The van der Waals surface area contributed by atoms with Gasteiger partial charge in [0.15, 0.2) is 0 Å². The second-order valence-electron chi connectivity index (χ2n) is 6.69. The van der Waals surface area contributed by atoms with Gasteiger partial charge in [-0.3, -0.25) is 9.69 Å². The van der Waals surface area contributed by atoms with E-state index in [0.29, 0.717) is 26.2 Å². The van der Waals surface area contributed by atoms with Crippen molar-refractivity contribution in [3.63, 3.8) is 0 Å². The van der Waals surface area contributed by atoms with E-state index in [1.165, 1.54) is 5.56 Å². The molecule has 1 atom stereocenters. The number of imidazole rings is 1. The number of amides is 1. The van der Waals surface area contributed by atoms with Crippen molar-refractivity contribution < 1.29 is 9.53 Å². The van der Waals surface area contributed by atoms with Crippen LogP contribution in [0.4, 0.5) is 0 Å². The molecule has 0 spiro atoms. The molecule has 144 valence electrons. The zero-order valence-corrected chi connectivity index (χ0v) is 15.9. The molecule has 0 saturated carbocycles. The molecule has 0 aliphatic carbocycles. The molecule has 2 heterocycles. The van der Waals surface area contributed by atoms with Gasteiger partial charge in [-0.05, 0) is 12.5 Å². The predicted molar refractivity (Wildman–Crippen MR) is 106 cm³/mol. The molecule has 1 amide bonds. The van der Waals surface area contributed by atoms with Gasteiger partial charge >= 0.3 is 0 Å². The number of hydrogen-bond acceptors (Lipinski definition) is 4. The van der Waals surface area contributed by atoms with Gasteiger partial charge in [-0.1, -0.05) is 42.5 Å². The number of rotatable bonds is 8. The summed E-state index contributed by atoms with van der Waals surface area (Å²) in [6.07, 6.45) is 8.31. The molecule has 1 fully saturated rings. The van der Waals surface area contributed by atoms with Crippen molar-refractivity contribution in [2.75, 3.05) is 26.3 Å². The number of nitrogens with zero attached hydrogens (tertiary/aromatic N) is 3. The second kappa shape index (κ2) is 10.0. The molecule has 27 heavy (non-hydrogen) atoms. The van der Waals surface area contributed by atoms with E-state index in [2.05, 4.69) is 46.4 Å². The fourth-order valence-electron chi connectivity index (χ4n) is 3.26. The van der Waals surface area contributed by atoms with Gasteiger partial charge in [-0.2, -0.15) is 0 Å². The van der Waals surface area contributed by atoms with Crippen LogP contribution >= 0.6 is 0 Å². The second-order valence-corrected chi connectivity index (χ2v) is 6.69. The molecule has 0 bridgehead atoms. The Balaban J connectivity index is 1.49. The summed E-state index contributed by atoms with van der Waals surface area (Å²) in [5.74, 6) is 0.0476. The van der Waals surface area contributed by atoms with Gasteiger partial charge < -0.3 is 14.6 Å². The number of carbonyl (C=O) groups is 1. The van der Waals surface area contributed by atoms with Crippen LogP contribution in [0.1, 0.15) is 24.6 Å². The molecule has 1 aliphatic rings. The molecule has 1 saturated heterocycles. The van der Waals surface area contributed by atoms with E-state index in [1.54, 1.807) is 12.5 Å². The van der Waals surface area contributed by atoms with E-state index in [9.17, 15) is 4.79 Å². The molecule has 1 aromatic carbocycles. The number of aromatic nitrogens is 2. The van der Waals surface area contributed by atoms with Crippen LogP contribution in [0.2, 0.25) is 0 Å². The molecule has 1 aromatic heterocycles. The number of benzene rings is 1. The number of hydrogen-bond donors (Lipinski definition) is 1. The third-order valence-corrected chi connectivity index (χ3v) is 4.83. The van der Waals surface area contributed by atoms with Crippen LogP contribution in [-0.4, -0.2) is 52.7 Å². The zero-order chi connectivity index (χ0) is 18.9. The molecule has 1 aliphatic heterocycles. The van der Waals surface area contributed by atoms with Crippen LogP contribution in [0, 0.1) is 0 Å². The Morgan fingerprint density at radius 3 is 3.04 bits per heavy atom. The molecule has 2 aromatic rings. The largest absolute Gasteiger partial charge is 0.378 e. The zero-order valence-electron chi connectivity index (χ0n) is 15.9. The number of morpholine rings is 1. The van der Waals surface area contributed by atoms with Crippen molar-refractivity contribution in [3.05, 3.63) is 60.2 Å². The molecule has 6 nitrogen and oxygen atoms in total. The number of aryl methyl sites for hydroxylation is 1. The maximum Gasteiger partial charge on any atom is 0.221 e. The molecular weight excluding hydrogens is 340 g/mol. The topological polar surface area (TPSA) is 59.4 Å². The first-order valence-electron chi connectivity index (χ1n) is 9.55. The summed E-state index contributed by atoms with van der Waals surface area (Å²) in [5.41, 5.74) is 2.21. The van der Waals surface area contributed by atoms with Gasteiger partial charge in [0.1, 0.15) is 0 Å². The van der Waals surface area contributed by atoms with Crippen molar-refractivity contribution in [1.29, 1.82) is 0 Å². The molecule has 3 rings (SSSR count). The molecule has 6 heteroatoms. The highest BCUT2D eigenvalue weighted by Crippen LogP contribution is 2.12. The molecule has 0 unspecified atom stereocenters. The minimum atomic E-state index is 0.0476. The lowest BCUT2D eigenvalue weighted by atomic mass is 10.1. The maximum absolute atomic E-state index is 12.4. The van der Waals surface area contributed by atoms with E-state index < -0.39 is 0 Å². The standard InChI is InChI=1S/C21H28N4O2/c1-2-24-17-22-14-20(24)15-23-21(26)13-19-16-27-12-11-25(19)10-6-9-18-7-4-3-5-8-18/h3-9,14,17,19H,2,10-13,15-16H2,1H3,(H,23,26)/b9-6+/t19-/m0/s1. The van der Waals surface area contributed by atoms with Crippen LogP contribution in [0.15, 0.2) is 48.9 Å². The molecule has 1 N–H and O–H groups in total. The Labute approximate surface area is 160 Å². The summed E-state index contributed by atoms with van der Waals surface area (Å²) in [6.45, 7) is 6.40. The van der Waals surface area contributed by atoms with E-state index in [0.717, 1.165) is 25.3 Å². The van der Waals surface area contributed by atoms with Crippen molar-refractivity contribution >= 4 is 12.0 Å². The first kappa shape index (κ1) is 19.3. The predicted octanol–water partition coefficient (Wildman–Crippen LogP) is 2.32.